The van der Waals surface area contributed by atoms with Gasteiger partial charge in [0.15, 0.2) is 0 Å². The number of anilines is 1. The summed E-state index contributed by atoms with van der Waals surface area (Å²) in [5, 5.41) is 3.51. The van der Waals surface area contributed by atoms with Gasteiger partial charge < -0.3 is 14.8 Å². The van der Waals surface area contributed by atoms with Crippen LogP contribution in [-0.4, -0.2) is 40.6 Å². The van der Waals surface area contributed by atoms with E-state index in [0.717, 1.165) is 18.0 Å². The molecule has 0 spiro atoms. The normalized spacial score (nSPS) is 20.8. The Hall–Kier alpha value is -1.55. The first-order chi connectivity index (χ1) is 9.25. The molecule has 1 aliphatic heterocycles. The fraction of sp³-hybridized carbons (Fsp3) is 0.533. The Morgan fingerprint density at radius 2 is 2.11 bits per heavy atom. The third kappa shape index (κ3) is 2.45. The molecule has 2 aromatic rings. The van der Waals surface area contributed by atoms with Crippen molar-refractivity contribution >= 4 is 17.0 Å². The van der Waals surface area contributed by atoms with E-state index in [1.54, 1.807) is 0 Å². The lowest BCUT2D eigenvalue weighted by molar-refractivity contribution is 0.194. The van der Waals surface area contributed by atoms with Crippen molar-refractivity contribution in [2.75, 3.05) is 25.5 Å². The molecule has 102 valence electrons. The van der Waals surface area contributed by atoms with Crippen LogP contribution in [0.25, 0.3) is 11.0 Å². The number of hydrogen-bond donors (Lipinski definition) is 1. The number of nitrogens with one attached hydrogen (secondary N) is 1. The summed E-state index contributed by atoms with van der Waals surface area (Å²) in [7, 11) is 4.29. The Morgan fingerprint density at radius 1 is 1.26 bits per heavy atom. The van der Waals surface area contributed by atoms with Gasteiger partial charge in [0.25, 0.3) is 0 Å². The second-order valence-electron chi connectivity index (χ2n) is 5.49. The highest BCUT2D eigenvalue weighted by atomic mass is 15.2. The maximum Gasteiger partial charge on any atom is 0.203 e. The van der Waals surface area contributed by atoms with Gasteiger partial charge in [-0.3, -0.25) is 0 Å². The number of rotatable bonds is 3. The molecule has 0 aliphatic carbocycles. The number of aromatic nitrogens is 2. The maximum atomic E-state index is 4.66. The summed E-state index contributed by atoms with van der Waals surface area (Å²) < 4.78 is 2.14. The van der Waals surface area contributed by atoms with Crippen molar-refractivity contribution in [3.8, 4) is 0 Å². The number of nitrogens with zero attached hydrogens (tertiary/aromatic N) is 3. The number of imidazole rings is 1. The highest BCUT2D eigenvalue weighted by molar-refractivity contribution is 5.78. The molecule has 1 aromatic carbocycles. The monoisotopic (exact) mass is 258 g/mol. The smallest absolute Gasteiger partial charge is 0.203 e. The van der Waals surface area contributed by atoms with Gasteiger partial charge in [0, 0.05) is 19.6 Å². The molecule has 0 radical (unpaired) electrons. The first-order valence-electron chi connectivity index (χ1n) is 7.11. The number of likely N-dealkylation sites (tertiary alicyclic amines) is 1. The van der Waals surface area contributed by atoms with Crippen LogP contribution in [0.15, 0.2) is 24.3 Å². The summed E-state index contributed by atoms with van der Waals surface area (Å²) in [5.74, 6) is 0.972. The average molecular weight is 258 g/mol. The van der Waals surface area contributed by atoms with Gasteiger partial charge in [-0.1, -0.05) is 18.6 Å². The Labute approximate surface area is 114 Å². The fourth-order valence-electron chi connectivity index (χ4n) is 2.91. The van der Waals surface area contributed by atoms with Crippen molar-refractivity contribution in [3.63, 3.8) is 0 Å². The molecule has 1 saturated heterocycles. The zero-order chi connectivity index (χ0) is 13.2. The maximum absolute atomic E-state index is 4.66. The minimum Gasteiger partial charge on any atom is -0.354 e. The highest BCUT2D eigenvalue weighted by Gasteiger charge is 2.19. The zero-order valence-corrected chi connectivity index (χ0v) is 11.8. The van der Waals surface area contributed by atoms with Gasteiger partial charge in [-0.05, 0) is 38.6 Å². The molecule has 4 heteroatoms. The molecule has 0 bridgehead atoms. The van der Waals surface area contributed by atoms with Crippen LogP contribution in [0.2, 0.25) is 0 Å². The largest absolute Gasteiger partial charge is 0.354 e. The molecule has 1 aromatic heterocycles. The predicted octanol–water partition coefficient (Wildman–Crippen LogP) is 2.47. The van der Waals surface area contributed by atoms with Crippen LogP contribution in [0.4, 0.5) is 5.95 Å². The molecular weight excluding hydrogens is 236 g/mol. The minimum absolute atomic E-state index is 0.633. The van der Waals surface area contributed by atoms with Crippen molar-refractivity contribution in [2.24, 2.45) is 7.05 Å². The first kappa shape index (κ1) is 12.5. The number of likely N-dealkylation sites (N-methyl/N-ethyl adjacent to an activating group) is 1. The molecule has 1 unspecified atom stereocenters. The van der Waals surface area contributed by atoms with E-state index in [2.05, 4.69) is 52.1 Å². The lowest BCUT2D eigenvalue weighted by Crippen LogP contribution is -2.41. The molecule has 1 aliphatic rings. The predicted molar refractivity (Wildman–Crippen MR) is 79.5 cm³/mol. The van der Waals surface area contributed by atoms with Gasteiger partial charge in [-0.2, -0.15) is 0 Å². The standard InChI is InChI=1S/C15H22N4/c1-18-10-6-5-7-12(18)11-16-15-17-13-8-3-4-9-14(13)19(15)2/h3-4,8-9,12H,5-7,10-11H2,1-2H3,(H,16,17). The summed E-state index contributed by atoms with van der Waals surface area (Å²) in [4.78, 5) is 7.11. The van der Waals surface area contributed by atoms with E-state index < -0.39 is 0 Å². The van der Waals surface area contributed by atoms with E-state index in [0.29, 0.717) is 6.04 Å². The minimum atomic E-state index is 0.633. The number of hydrogen-bond acceptors (Lipinski definition) is 3. The Balaban J connectivity index is 1.73. The van der Waals surface area contributed by atoms with Gasteiger partial charge in [0.2, 0.25) is 5.95 Å². The summed E-state index contributed by atoms with van der Waals surface area (Å²) in [6.07, 6.45) is 3.96. The molecule has 1 atom stereocenters. The van der Waals surface area contributed by atoms with E-state index in [1.807, 2.05) is 6.07 Å². The average Bonchev–Trinajstić information content (AvgIpc) is 2.75. The van der Waals surface area contributed by atoms with Crippen LogP contribution in [-0.2, 0) is 7.05 Å². The molecule has 2 heterocycles. The molecule has 1 N–H and O–H groups in total. The molecular formula is C15H22N4. The molecule has 0 saturated carbocycles. The van der Waals surface area contributed by atoms with Gasteiger partial charge in [-0.25, -0.2) is 4.98 Å². The van der Waals surface area contributed by atoms with Crippen LogP contribution in [0.3, 0.4) is 0 Å². The first-order valence-corrected chi connectivity index (χ1v) is 7.11. The Bertz CT molecular complexity index is 560. The van der Waals surface area contributed by atoms with Crippen LogP contribution in [0.5, 0.6) is 0 Å². The van der Waals surface area contributed by atoms with Crippen molar-refractivity contribution in [1.29, 1.82) is 0 Å². The number of para-hydroxylation sites is 2. The van der Waals surface area contributed by atoms with E-state index in [1.165, 1.54) is 31.3 Å². The molecule has 3 rings (SSSR count). The SMILES string of the molecule is CN1CCCCC1CNc1nc2ccccc2n1C. The van der Waals surface area contributed by atoms with Gasteiger partial charge >= 0.3 is 0 Å². The Morgan fingerprint density at radius 3 is 2.89 bits per heavy atom. The lowest BCUT2D eigenvalue weighted by Gasteiger charge is -2.32. The number of aryl methyl sites for hydroxylation is 1. The highest BCUT2D eigenvalue weighted by Crippen LogP contribution is 2.19. The molecule has 1 fully saturated rings. The lowest BCUT2D eigenvalue weighted by atomic mass is 10.0. The van der Waals surface area contributed by atoms with Gasteiger partial charge in [-0.15, -0.1) is 0 Å². The number of fused-ring (bicyclic) bond motifs is 1. The quantitative estimate of drug-likeness (QED) is 0.918. The van der Waals surface area contributed by atoms with Crippen LogP contribution < -0.4 is 5.32 Å². The Kier molecular flexibility index (Phi) is 3.42. The summed E-state index contributed by atoms with van der Waals surface area (Å²) in [5.41, 5.74) is 2.24. The van der Waals surface area contributed by atoms with Crippen LogP contribution in [0.1, 0.15) is 19.3 Å². The topological polar surface area (TPSA) is 33.1 Å². The molecule has 0 amide bonds. The fourth-order valence-corrected chi connectivity index (χ4v) is 2.91. The second kappa shape index (κ2) is 5.21. The van der Waals surface area contributed by atoms with Gasteiger partial charge in [0.1, 0.15) is 0 Å². The number of piperidine rings is 1. The van der Waals surface area contributed by atoms with Crippen LogP contribution in [0, 0.1) is 0 Å². The van der Waals surface area contributed by atoms with E-state index in [9.17, 15) is 0 Å². The third-order valence-corrected chi connectivity index (χ3v) is 4.20. The summed E-state index contributed by atoms with van der Waals surface area (Å²) in [6.45, 7) is 2.20. The summed E-state index contributed by atoms with van der Waals surface area (Å²) in [6, 6.07) is 8.90. The van der Waals surface area contributed by atoms with Crippen molar-refractivity contribution in [1.82, 2.24) is 14.5 Å². The van der Waals surface area contributed by atoms with Gasteiger partial charge in [0.05, 0.1) is 11.0 Å². The molecule has 19 heavy (non-hydrogen) atoms. The van der Waals surface area contributed by atoms with Crippen molar-refractivity contribution in [2.45, 2.75) is 25.3 Å². The second-order valence-corrected chi connectivity index (χ2v) is 5.49. The van der Waals surface area contributed by atoms with E-state index in [4.69, 9.17) is 0 Å². The van der Waals surface area contributed by atoms with E-state index >= 15 is 0 Å². The summed E-state index contributed by atoms with van der Waals surface area (Å²) >= 11 is 0. The molecule has 4 nitrogen and oxygen atoms in total. The van der Waals surface area contributed by atoms with Crippen molar-refractivity contribution < 1.29 is 0 Å². The van der Waals surface area contributed by atoms with Crippen LogP contribution >= 0.6 is 0 Å². The zero-order valence-electron chi connectivity index (χ0n) is 11.8. The third-order valence-electron chi connectivity index (χ3n) is 4.20. The van der Waals surface area contributed by atoms with E-state index in [-0.39, 0.29) is 0 Å². The number of benzene rings is 1. The van der Waals surface area contributed by atoms with Crippen molar-refractivity contribution in [3.05, 3.63) is 24.3 Å².